The Morgan fingerprint density at radius 1 is 1.35 bits per heavy atom. The Morgan fingerprint density at radius 2 is 1.94 bits per heavy atom. The summed E-state index contributed by atoms with van der Waals surface area (Å²) >= 11 is 0. The lowest BCUT2D eigenvalue weighted by atomic mass is 10.1. The topological polar surface area (TPSA) is 76.9 Å². The Kier molecular flexibility index (Phi) is 3.48. The van der Waals surface area contributed by atoms with E-state index in [1.807, 2.05) is 13.8 Å². The standard InChI is InChI=1S/C10H18N4O2S/c1-8(2)10(7-14-11-5-6-12-14)13-17(15,16)9-3-4-9/h5-6,8-10,13H,3-4,7H2,1-2H3. The first kappa shape index (κ1) is 12.5. The third-order valence-corrected chi connectivity index (χ3v) is 4.89. The number of nitrogens with zero attached hydrogens (tertiary/aromatic N) is 3. The summed E-state index contributed by atoms with van der Waals surface area (Å²) in [4.78, 5) is 1.51. The van der Waals surface area contributed by atoms with Crippen LogP contribution in [-0.2, 0) is 16.6 Å². The summed E-state index contributed by atoms with van der Waals surface area (Å²) in [5.74, 6) is 0.203. The quantitative estimate of drug-likeness (QED) is 0.800. The number of aromatic nitrogens is 3. The van der Waals surface area contributed by atoms with Crippen LogP contribution < -0.4 is 4.72 Å². The van der Waals surface area contributed by atoms with E-state index in [0.29, 0.717) is 6.54 Å². The van der Waals surface area contributed by atoms with Gasteiger partial charge in [0.2, 0.25) is 10.0 Å². The van der Waals surface area contributed by atoms with Crippen LogP contribution in [0.4, 0.5) is 0 Å². The monoisotopic (exact) mass is 258 g/mol. The lowest BCUT2D eigenvalue weighted by molar-refractivity contribution is 0.361. The lowest BCUT2D eigenvalue weighted by Gasteiger charge is -2.21. The average molecular weight is 258 g/mol. The van der Waals surface area contributed by atoms with Crippen molar-refractivity contribution in [3.8, 4) is 0 Å². The maximum absolute atomic E-state index is 11.9. The summed E-state index contributed by atoms with van der Waals surface area (Å²) in [5.41, 5.74) is 0. The highest BCUT2D eigenvalue weighted by atomic mass is 32.2. The number of hydrogen-bond acceptors (Lipinski definition) is 4. The molecule has 1 saturated carbocycles. The molecule has 1 aromatic heterocycles. The van der Waals surface area contributed by atoms with Gasteiger partial charge in [0.15, 0.2) is 0 Å². The second-order valence-electron chi connectivity index (χ2n) is 4.80. The van der Waals surface area contributed by atoms with Gasteiger partial charge < -0.3 is 0 Å². The van der Waals surface area contributed by atoms with E-state index in [1.54, 1.807) is 12.4 Å². The van der Waals surface area contributed by atoms with E-state index in [9.17, 15) is 8.42 Å². The van der Waals surface area contributed by atoms with Gasteiger partial charge in [-0.3, -0.25) is 0 Å². The fourth-order valence-electron chi connectivity index (χ4n) is 1.58. The molecule has 0 saturated heterocycles. The minimum absolute atomic E-state index is 0.159. The molecule has 17 heavy (non-hydrogen) atoms. The van der Waals surface area contributed by atoms with Crippen LogP contribution in [0.25, 0.3) is 0 Å². The van der Waals surface area contributed by atoms with Crippen molar-refractivity contribution in [3.63, 3.8) is 0 Å². The van der Waals surface area contributed by atoms with Crippen molar-refractivity contribution in [1.29, 1.82) is 0 Å². The molecule has 6 nitrogen and oxygen atoms in total. The van der Waals surface area contributed by atoms with Gasteiger partial charge in [0.05, 0.1) is 24.2 Å². The first-order valence-electron chi connectivity index (χ1n) is 5.84. The Morgan fingerprint density at radius 3 is 2.41 bits per heavy atom. The van der Waals surface area contributed by atoms with E-state index in [2.05, 4.69) is 14.9 Å². The van der Waals surface area contributed by atoms with Gasteiger partial charge in [-0.2, -0.15) is 15.0 Å². The fourth-order valence-corrected chi connectivity index (χ4v) is 3.30. The van der Waals surface area contributed by atoms with Crippen LogP contribution in [0, 0.1) is 5.92 Å². The SMILES string of the molecule is CC(C)C(Cn1nccn1)NS(=O)(=O)C1CC1. The Labute approximate surface area is 101 Å². The molecule has 0 aliphatic heterocycles. The van der Waals surface area contributed by atoms with Crippen LogP contribution in [0.15, 0.2) is 12.4 Å². The predicted octanol–water partition coefficient (Wildman–Crippen LogP) is 0.384. The zero-order valence-corrected chi connectivity index (χ0v) is 10.9. The van der Waals surface area contributed by atoms with Gasteiger partial charge in [0.25, 0.3) is 0 Å². The predicted molar refractivity (Wildman–Crippen MR) is 63.7 cm³/mol. The summed E-state index contributed by atoms with van der Waals surface area (Å²) in [5, 5.41) is 7.81. The normalized spacial score (nSPS) is 18.5. The fraction of sp³-hybridized carbons (Fsp3) is 0.800. The first-order valence-corrected chi connectivity index (χ1v) is 7.39. The van der Waals surface area contributed by atoms with E-state index in [0.717, 1.165) is 12.8 Å². The summed E-state index contributed by atoms with van der Waals surface area (Å²) in [6, 6.07) is -0.159. The van der Waals surface area contributed by atoms with E-state index >= 15 is 0 Å². The number of hydrogen-bond donors (Lipinski definition) is 1. The maximum Gasteiger partial charge on any atom is 0.214 e. The molecule has 1 aromatic rings. The average Bonchev–Trinajstić information content (AvgIpc) is 2.98. The highest BCUT2D eigenvalue weighted by molar-refractivity contribution is 7.90. The minimum Gasteiger partial charge on any atom is -0.212 e. The highest BCUT2D eigenvalue weighted by Gasteiger charge is 2.37. The molecule has 1 aliphatic carbocycles. The molecule has 1 aliphatic rings. The molecule has 1 unspecified atom stereocenters. The molecular weight excluding hydrogens is 240 g/mol. The van der Waals surface area contributed by atoms with Crippen molar-refractivity contribution in [1.82, 2.24) is 19.7 Å². The van der Waals surface area contributed by atoms with Crippen molar-refractivity contribution in [2.75, 3.05) is 0 Å². The van der Waals surface area contributed by atoms with Crippen molar-refractivity contribution in [2.24, 2.45) is 5.92 Å². The summed E-state index contributed by atoms with van der Waals surface area (Å²) in [7, 11) is -3.15. The van der Waals surface area contributed by atoms with Crippen molar-refractivity contribution >= 4 is 10.0 Å². The number of sulfonamides is 1. The third-order valence-electron chi connectivity index (χ3n) is 2.91. The van der Waals surface area contributed by atoms with E-state index in [4.69, 9.17) is 0 Å². The molecule has 1 N–H and O–H groups in total. The zero-order chi connectivity index (χ0) is 12.5. The molecule has 0 radical (unpaired) electrons. The Bertz CT molecular complexity index is 451. The van der Waals surface area contributed by atoms with Gasteiger partial charge in [-0.25, -0.2) is 13.1 Å². The van der Waals surface area contributed by atoms with Gasteiger partial charge in [-0.15, -0.1) is 0 Å². The molecule has 0 bridgehead atoms. The lowest BCUT2D eigenvalue weighted by Crippen LogP contribution is -2.43. The van der Waals surface area contributed by atoms with Gasteiger partial charge in [0, 0.05) is 6.04 Å². The van der Waals surface area contributed by atoms with Gasteiger partial charge in [-0.1, -0.05) is 13.8 Å². The van der Waals surface area contributed by atoms with Gasteiger partial charge in [0.1, 0.15) is 0 Å². The smallest absolute Gasteiger partial charge is 0.212 e. The van der Waals surface area contributed by atoms with Crippen molar-refractivity contribution in [3.05, 3.63) is 12.4 Å². The van der Waals surface area contributed by atoms with Crippen LogP contribution in [0.3, 0.4) is 0 Å². The molecule has 0 amide bonds. The van der Waals surface area contributed by atoms with E-state index in [1.165, 1.54) is 4.80 Å². The molecule has 2 rings (SSSR count). The molecule has 7 heteroatoms. The van der Waals surface area contributed by atoms with Crippen LogP contribution in [-0.4, -0.2) is 34.7 Å². The largest absolute Gasteiger partial charge is 0.214 e. The summed E-state index contributed by atoms with van der Waals surface area (Å²) in [6.45, 7) is 4.45. The van der Waals surface area contributed by atoms with E-state index < -0.39 is 10.0 Å². The maximum atomic E-state index is 11.9. The second kappa shape index (κ2) is 4.73. The van der Waals surface area contributed by atoms with Crippen LogP contribution in [0.5, 0.6) is 0 Å². The third kappa shape index (κ3) is 3.26. The summed E-state index contributed by atoms with van der Waals surface area (Å²) in [6.07, 6.45) is 4.74. The first-order chi connectivity index (χ1) is 7.99. The van der Waals surface area contributed by atoms with Crippen LogP contribution in [0.2, 0.25) is 0 Å². The Hall–Kier alpha value is -0.950. The van der Waals surface area contributed by atoms with Gasteiger partial charge >= 0.3 is 0 Å². The molecule has 1 heterocycles. The van der Waals surface area contributed by atoms with E-state index in [-0.39, 0.29) is 17.2 Å². The molecule has 1 fully saturated rings. The molecule has 1 atom stereocenters. The Balaban J connectivity index is 2.02. The van der Waals surface area contributed by atoms with Crippen molar-refractivity contribution in [2.45, 2.75) is 44.5 Å². The number of nitrogens with one attached hydrogen (secondary N) is 1. The molecule has 0 aromatic carbocycles. The van der Waals surface area contributed by atoms with Crippen molar-refractivity contribution < 1.29 is 8.42 Å². The molecule has 96 valence electrons. The second-order valence-corrected chi connectivity index (χ2v) is 6.79. The zero-order valence-electron chi connectivity index (χ0n) is 10.1. The molecule has 0 spiro atoms. The summed E-state index contributed by atoms with van der Waals surface area (Å²) < 4.78 is 26.5. The van der Waals surface area contributed by atoms with Crippen LogP contribution >= 0.6 is 0 Å². The van der Waals surface area contributed by atoms with Crippen LogP contribution in [0.1, 0.15) is 26.7 Å². The highest BCUT2D eigenvalue weighted by Crippen LogP contribution is 2.28. The number of rotatable bonds is 6. The molecular formula is C10H18N4O2S. The van der Waals surface area contributed by atoms with Gasteiger partial charge in [-0.05, 0) is 18.8 Å². The minimum atomic E-state index is -3.15.